The Labute approximate surface area is 227 Å². The number of hydrogen-bond acceptors (Lipinski definition) is 6. The molecule has 1 aliphatic heterocycles. The summed E-state index contributed by atoms with van der Waals surface area (Å²) < 4.78 is 40.7. The molecule has 3 atom stereocenters. The van der Waals surface area contributed by atoms with Gasteiger partial charge in [0.2, 0.25) is 0 Å². The van der Waals surface area contributed by atoms with Gasteiger partial charge in [-0.2, -0.15) is 0 Å². The Balaban J connectivity index is 1.88. The molecule has 39 heavy (non-hydrogen) atoms. The van der Waals surface area contributed by atoms with Crippen molar-refractivity contribution in [1.29, 1.82) is 0 Å². The molecule has 0 saturated carbocycles. The second kappa shape index (κ2) is 12.5. The highest BCUT2D eigenvalue weighted by molar-refractivity contribution is 6.02. The van der Waals surface area contributed by atoms with Crippen molar-refractivity contribution < 1.29 is 27.8 Å². The summed E-state index contributed by atoms with van der Waals surface area (Å²) in [6, 6.07) is 16.0. The number of Topliss-reactive ketones (excluding diaryl/α,β-unsaturated/α-hetero) is 2. The second-order valence-corrected chi connectivity index (χ2v) is 9.84. The molecule has 1 fully saturated rings. The second-order valence-electron chi connectivity index (χ2n) is 9.84. The number of benzene rings is 3. The van der Waals surface area contributed by atoms with Gasteiger partial charge in [0.1, 0.15) is 11.6 Å². The maximum Gasteiger partial charge on any atom is 0.175 e. The van der Waals surface area contributed by atoms with Crippen LogP contribution in [0, 0.1) is 30.4 Å². The zero-order valence-electron chi connectivity index (χ0n) is 22.7. The molecule has 0 spiro atoms. The Morgan fingerprint density at radius 1 is 0.949 bits per heavy atom. The first-order valence-electron chi connectivity index (χ1n) is 13.0. The summed E-state index contributed by atoms with van der Waals surface area (Å²) in [7, 11) is 4.70. The van der Waals surface area contributed by atoms with Crippen LogP contribution in [0.1, 0.15) is 37.8 Å². The van der Waals surface area contributed by atoms with Gasteiger partial charge < -0.3 is 19.7 Å². The van der Waals surface area contributed by atoms with Crippen LogP contribution in [0.3, 0.4) is 0 Å². The van der Waals surface area contributed by atoms with Gasteiger partial charge in [-0.3, -0.25) is 9.59 Å². The highest BCUT2D eigenvalue weighted by atomic mass is 19.1. The Bertz CT molecular complexity index is 1350. The number of hydrogen-bond donors (Lipinski definition) is 1. The number of likely N-dealkylation sites (tertiary alicyclic amines) is 1. The van der Waals surface area contributed by atoms with Gasteiger partial charge in [-0.15, -0.1) is 0 Å². The van der Waals surface area contributed by atoms with Gasteiger partial charge in [-0.25, -0.2) is 8.78 Å². The number of ketones is 2. The lowest BCUT2D eigenvalue weighted by Gasteiger charge is -2.43. The van der Waals surface area contributed by atoms with Gasteiger partial charge in [0.05, 0.1) is 19.8 Å². The molecule has 8 heteroatoms. The average Bonchev–Trinajstić information content (AvgIpc) is 2.96. The Morgan fingerprint density at radius 3 is 2.33 bits per heavy atom. The third kappa shape index (κ3) is 5.87. The van der Waals surface area contributed by atoms with Crippen LogP contribution in [0.4, 0.5) is 8.78 Å². The van der Waals surface area contributed by atoms with Crippen LogP contribution in [-0.4, -0.2) is 63.9 Å². The molecular formula is C31H34F2N2O4. The molecule has 6 nitrogen and oxygen atoms in total. The summed E-state index contributed by atoms with van der Waals surface area (Å²) >= 11 is 0. The van der Waals surface area contributed by atoms with Gasteiger partial charge in [-0.1, -0.05) is 30.3 Å². The Kier molecular flexibility index (Phi) is 9.09. The summed E-state index contributed by atoms with van der Waals surface area (Å²) in [4.78, 5) is 30.3. The molecule has 1 saturated heterocycles. The van der Waals surface area contributed by atoms with Crippen LogP contribution in [0.5, 0.6) is 11.5 Å². The topological polar surface area (TPSA) is 67.9 Å². The fraction of sp³-hybridized carbons (Fsp3) is 0.355. The van der Waals surface area contributed by atoms with E-state index in [4.69, 9.17) is 9.47 Å². The van der Waals surface area contributed by atoms with Gasteiger partial charge >= 0.3 is 0 Å². The third-order valence-electron chi connectivity index (χ3n) is 7.60. The van der Waals surface area contributed by atoms with Gasteiger partial charge in [-0.05, 0) is 55.4 Å². The Hall–Kier alpha value is -3.62. The molecule has 1 N–H and O–H groups in total. The maximum absolute atomic E-state index is 15.3. The molecule has 3 aromatic rings. The summed E-state index contributed by atoms with van der Waals surface area (Å²) in [6.07, 6.45) is 0. The van der Waals surface area contributed by atoms with Crippen molar-refractivity contribution in [3.63, 3.8) is 0 Å². The molecule has 0 radical (unpaired) electrons. The molecule has 0 unspecified atom stereocenters. The highest BCUT2D eigenvalue weighted by Crippen LogP contribution is 2.43. The number of nitrogens with zero attached hydrogens (tertiary/aromatic N) is 1. The van der Waals surface area contributed by atoms with Crippen molar-refractivity contribution in [3.05, 3.63) is 94.6 Å². The minimum atomic E-state index is -0.808. The first-order valence-corrected chi connectivity index (χ1v) is 13.0. The number of carbonyl (C=O) groups is 2. The van der Waals surface area contributed by atoms with Crippen molar-refractivity contribution in [2.75, 3.05) is 47.4 Å². The van der Waals surface area contributed by atoms with Crippen molar-refractivity contribution >= 4 is 11.6 Å². The molecular weight excluding hydrogens is 502 g/mol. The number of ether oxygens (including phenoxy) is 2. The number of halogens is 2. The van der Waals surface area contributed by atoms with E-state index in [1.807, 2.05) is 11.9 Å². The number of piperidine rings is 1. The number of likely N-dealkylation sites (N-methyl/N-ethyl adjacent to an activating group) is 1. The normalized spacial score (nSPS) is 19.5. The van der Waals surface area contributed by atoms with Crippen LogP contribution in [0.15, 0.2) is 60.7 Å². The largest absolute Gasteiger partial charge is 0.497 e. The molecule has 206 valence electrons. The van der Waals surface area contributed by atoms with E-state index in [9.17, 15) is 14.0 Å². The smallest absolute Gasteiger partial charge is 0.175 e. The fourth-order valence-electron chi connectivity index (χ4n) is 5.55. The molecule has 0 aromatic heterocycles. The van der Waals surface area contributed by atoms with Gasteiger partial charge in [0, 0.05) is 49.5 Å². The van der Waals surface area contributed by atoms with E-state index < -0.39 is 35.2 Å². The Morgan fingerprint density at radius 2 is 1.64 bits per heavy atom. The lowest BCUT2D eigenvalue weighted by Crippen LogP contribution is -2.51. The molecule has 0 bridgehead atoms. The first-order chi connectivity index (χ1) is 18.8. The van der Waals surface area contributed by atoms with E-state index in [1.54, 1.807) is 49.4 Å². The number of nitrogens with one attached hydrogen (secondary N) is 1. The minimum Gasteiger partial charge on any atom is -0.497 e. The van der Waals surface area contributed by atoms with E-state index in [0.29, 0.717) is 48.6 Å². The van der Waals surface area contributed by atoms with Crippen LogP contribution in [-0.2, 0) is 0 Å². The van der Waals surface area contributed by atoms with Crippen molar-refractivity contribution in [1.82, 2.24) is 10.2 Å². The predicted molar refractivity (Wildman–Crippen MR) is 146 cm³/mol. The molecule has 1 aliphatic rings. The van der Waals surface area contributed by atoms with Crippen LogP contribution >= 0.6 is 0 Å². The molecule has 3 aromatic carbocycles. The summed E-state index contributed by atoms with van der Waals surface area (Å²) in [6.45, 7) is 3.52. The zero-order chi connectivity index (χ0) is 28.1. The quantitative estimate of drug-likeness (QED) is 0.372. The highest BCUT2D eigenvalue weighted by Gasteiger charge is 2.46. The van der Waals surface area contributed by atoms with Gasteiger partial charge in [0.25, 0.3) is 0 Å². The average molecular weight is 537 g/mol. The molecule has 1 heterocycles. The van der Waals surface area contributed by atoms with Crippen LogP contribution < -0.4 is 14.8 Å². The molecule has 0 amide bonds. The molecule has 4 rings (SSSR count). The van der Waals surface area contributed by atoms with Gasteiger partial charge in [0.15, 0.2) is 23.1 Å². The summed E-state index contributed by atoms with van der Waals surface area (Å²) in [5.74, 6) is -3.47. The first kappa shape index (κ1) is 28.4. The third-order valence-corrected chi connectivity index (χ3v) is 7.60. The summed E-state index contributed by atoms with van der Waals surface area (Å²) in [5.41, 5.74) is 1.28. The standard InChI is InChI=1S/C31H34F2N2O4/c1-19-22(10-6-12-26(19)32)28-24(30(36)20-8-5-9-21(16-20)38-3)17-35(15-14-34-2)18-25(28)31(37)23-11-7-13-27(39-4)29(23)33/h5-13,16,24-25,28,34H,14-15,17-18H2,1-4H3/t24-,25-,28-/m0/s1. The monoisotopic (exact) mass is 536 g/mol. The zero-order valence-corrected chi connectivity index (χ0v) is 22.7. The lowest BCUT2D eigenvalue weighted by atomic mass is 9.67. The van der Waals surface area contributed by atoms with E-state index in [-0.39, 0.29) is 17.1 Å². The van der Waals surface area contributed by atoms with Crippen LogP contribution in [0.25, 0.3) is 0 Å². The number of rotatable bonds is 10. The maximum atomic E-state index is 15.3. The van der Waals surface area contributed by atoms with Crippen LogP contribution in [0.2, 0.25) is 0 Å². The van der Waals surface area contributed by atoms with E-state index in [0.717, 1.165) is 0 Å². The number of methoxy groups -OCH3 is 2. The lowest BCUT2D eigenvalue weighted by molar-refractivity contribution is 0.0572. The van der Waals surface area contributed by atoms with E-state index in [1.165, 1.54) is 32.4 Å². The SMILES string of the molecule is CNCCN1C[C@H](C(=O)c2cccc(OC)c2)[C@H](c2cccc(F)c2C)[C@@H](C(=O)c2cccc(OC)c2F)C1. The fourth-order valence-corrected chi connectivity index (χ4v) is 5.55. The van der Waals surface area contributed by atoms with E-state index in [2.05, 4.69) is 5.32 Å². The predicted octanol–water partition coefficient (Wildman–Crippen LogP) is 4.91. The van der Waals surface area contributed by atoms with Crippen molar-refractivity contribution in [2.24, 2.45) is 11.8 Å². The number of carbonyl (C=O) groups excluding carboxylic acids is 2. The minimum absolute atomic E-state index is 0.0359. The van der Waals surface area contributed by atoms with E-state index >= 15 is 4.39 Å². The summed E-state index contributed by atoms with van der Waals surface area (Å²) in [5, 5.41) is 3.11. The van der Waals surface area contributed by atoms with Crippen molar-refractivity contribution in [2.45, 2.75) is 12.8 Å². The van der Waals surface area contributed by atoms with Crippen molar-refractivity contribution in [3.8, 4) is 11.5 Å². The molecule has 0 aliphatic carbocycles.